The van der Waals surface area contributed by atoms with Gasteiger partial charge >= 0.3 is 0 Å². The standard InChI is InChI=1S/C25H29ClN2O2.HI/c1-17-12-21(26)14-19-13-20(16-30-24(17)19)25(29)27-22-10-8-18(9-11-22)15-28(2,3)23-6-4-5-7-23;/h8-14,23H,4-7,15-16H2,1-3H3;1H. The molecule has 0 spiro atoms. The second-order valence-electron chi connectivity index (χ2n) is 9.13. The molecular formula is C25H30ClIN2O2. The van der Waals surface area contributed by atoms with Crippen LogP contribution in [-0.4, -0.2) is 37.1 Å². The van der Waals surface area contributed by atoms with Crippen molar-refractivity contribution in [2.75, 3.05) is 26.0 Å². The molecule has 0 unspecified atom stereocenters. The maximum absolute atomic E-state index is 12.7. The predicted molar refractivity (Wildman–Crippen MR) is 123 cm³/mol. The van der Waals surface area contributed by atoms with Crippen LogP contribution in [0.1, 0.15) is 42.4 Å². The molecule has 0 radical (unpaired) electrons. The first-order valence-electron chi connectivity index (χ1n) is 10.7. The number of fused-ring (bicyclic) bond motifs is 1. The topological polar surface area (TPSA) is 38.3 Å². The van der Waals surface area contributed by atoms with Crippen LogP contribution < -0.4 is 34.0 Å². The summed E-state index contributed by atoms with van der Waals surface area (Å²) in [6, 6.07) is 12.7. The number of hydrogen-bond donors (Lipinski definition) is 1. The van der Waals surface area contributed by atoms with Crippen molar-refractivity contribution in [1.29, 1.82) is 0 Å². The minimum atomic E-state index is -0.145. The van der Waals surface area contributed by atoms with E-state index in [2.05, 4.69) is 31.5 Å². The second-order valence-corrected chi connectivity index (χ2v) is 9.56. The number of carbonyl (C=O) groups is 1. The van der Waals surface area contributed by atoms with Crippen molar-refractivity contribution in [2.45, 2.75) is 45.2 Å². The Hall–Kier alpha value is -1.57. The molecule has 2 aromatic carbocycles. The van der Waals surface area contributed by atoms with Gasteiger partial charge in [-0.2, -0.15) is 0 Å². The molecule has 31 heavy (non-hydrogen) atoms. The van der Waals surface area contributed by atoms with Gasteiger partial charge in [-0.1, -0.05) is 23.7 Å². The fraction of sp³-hybridized carbons (Fsp3) is 0.400. The summed E-state index contributed by atoms with van der Waals surface area (Å²) in [5.74, 6) is 0.649. The third-order valence-electron chi connectivity index (χ3n) is 6.38. The van der Waals surface area contributed by atoms with E-state index in [0.29, 0.717) is 10.6 Å². The lowest BCUT2D eigenvalue weighted by Gasteiger charge is -2.36. The van der Waals surface area contributed by atoms with Gasteiger partial charge in [0, 0.05) is 21.8 Å². The van der Waals surface area contributed by atoms with Gasteiger partial charge in [0.05, 0.1) is 25.7 Å². The first-order valence-corrected chi connectivity index (χ1v) is 11.1. The lowest BCUT2D eigenvalue weighted by atomic mass is 10.0. The van der Waals surface area contributed by atoms with E-state index in [4.69, 9.17) is 16.3 Å². The quantitative estimate of drug-likeness (QED) is 0.458. The molecule has 6 heteroatoms. The lowest BCUT2D eigenvalue weighted by Crippen LogP contribution is -3.00. The minimum Gasteiger partial charge on any atom is -1.00 e. The summed E-state index contributed by atoms with van der Waals surface area (Å²) in [6.45, 7) is 3.22. The van der Waals surface area contributed by atoms with E-state index in [1.54, 1.807) is 0 Å². The Labute approximate surface area is 207 Å². The van der Waals surface area contributed by atoms with Crippen LogP contribution in [-0.2, 0) is 11.3 Å². The van der Waals surface area contributed by atoms with E-state index in [0.717, 1.165) is 39.6 Å². The minimum absolute atomic E-state index is 0. The van der Waals surface area contributed by atoms with Gasteiger partial charge in [-0.25, -0.2) is 0 Å². The van der Waals surface area contributed by atoms with Crippen molar-refractivity contribution >= 4 is 29.3 Å². The molecule has 0 bridgehead atoms. The smallest absolute Gasteiger partial charge is 0.255 e. The summed E-state index contributed by atoms with van der Waals surface area (Å²) in [6.07, 6.45) is 7.22. The van der Waals surface area contributed by atoms with E-state index < -0.39 is 0 Å². The molecule has 2 aromatic rings. The normalized spacial score (nSPS) is 16.1. The Morgan fingerprint density at radius 1 is 1.16 bits per heavy atom. The summed E-state index contributed by atoms with van der Waals surface area (Å²) >= 11 is 6.15. The van der Waals surface area contributed by atoms with E-state index in [-0.39, 0.29) is 36.5 Å². The molecule has 4 rings (SSSR count). The zero-order valence-electron chi connectivity index (χ0n) is 18.4. The zero-order valence-corrected chi connectivity index (χ0v) is 21.3. The number of ether oxygens (including phenoxy) is 1. The first-order chi connectivity index (χ1) is 14.3. The summed E-state index contributed by atoms with van der Waals surface area (Å²) in [5.41, 5.74) is 4.50. The monoisotopic (exact) mass is 552 g/mol. The largest absolute Gasteiger partial charge is 1.00 e. The number of halogens is 2. The number of benzene rings is 2. The van der Waals surface area contributed by atoms with E-state index in [1.165, 1.54) is 31.2 Å². The maximum Gasteiger partial charge on any atom is 0.255 e. The van der Waals surface area contributed by atoms with Gasteiger partial charge in [0.25, 0.3) is 5.91 Å². The number of rotatable bonds is 5. The van der Waals surface area contributed by atoms with Crippen LogP contribution in [0.25, 0.3) is 6.08 Å². The van der Waals surface area contributed by atoms with Crippen molar-refractivity contribution in [3.8, 4) is 5.75 Å². The lowest BCUT2D eigenvalue weighted by molar-refractivity contribution is -0.927. The van der Waals surface area contributed by atoms with Crippen LogP contribution in [0.15, 0.2) is 42.0 Å². The molecule has 1 heterocycles. The van der Waals surface area contributed by atoms with Crippen molar-refractivity contribution in [1.82, 2.24) is 0 Å². The van der Waals surface area contributed by atoms with Crippen molar-refractivity contribution in [2.24, 2.45) is 0 Å². The number of nitrogens with one attached hydrogen (secondary N) is 1. The number of carbonyl (C=O) groups excluding carboxylic acids is 1. The number of quaternary nitrogens is 1. The van der Waals surface area contributed by atoms with E-state index in [1.807, 2.05) is 37.3 Å². The van der Waals surface area contributed by atoms with Gasteiger partial charge < -0.3 is 38.5 Å². The fourth-order valence-electron chi connectivity index (χ4n) is 4.68. The number of hydrogen-bond acceptors (Lipinski definition) is 2. The van der Waals surface area contributed by atoms with Gasteiger partial charge in [0.15, 0.2) is 0 Å². The van der Waals surface area contributed by atoms with Crippen LogP contribution in [0.3, 0.4) is 0 Å². The molecule has 1 saturated carbocycles. The molecule has 0 saturated heterocycles. The number of amides is 1. The summed E-state index contributed by atoms with van der Waals surface area (Å²) in [4.78, 5) is 12.7. The molecule has 4 nitrogen and oxygen atoms in total. The van der Waals surface area contributed by atoms with E-state index in [9.17, 15) is 4.79 Å². The summed E-state index contributed by atoms with van der Waals surface area (Å²) in [7, 11) is 4.65. The van der Waals surface area contributed by atoms with Crippen LogP contribution in [0.2, 0.25) is 5.02 Å². The Balaban J connectivity index is 0.00000272. The first kappa shape index (κ1) is 24.1. The highest BCUT2D eigenvalue weighted by atomic mass is 127. The van der Waals surface area contributed by atoms with Crippen molar-refractivity contribution in [3.63, 3.8) is 0 Å². The summed E-state index contributed by atoms with van der Waals surface area (Å²) < 4.78 is 6.84. The third-order valence-corrected chi connectivity index (χ3v) is 6.59. The molecule has 1 aliphatic heterocycles. The summed E-state index contributed by atoms with van der Waals surface area (Å²) in [5, 5.41) is 3.63. The van der Waals surface area contributed by atoms with Gasteiger partial charge in [0.2, 0.25) is 0 Å². The fourth-order valence-corrected chi connectivity index (χ4v) is 4.96. The Bertz CT molecular complexity index is 980. The Morgan fingerprint density at radius 2 is 1.84 bits per heavy atom. The molecule has 2 aliphatic rings. The average Bonchev–Trinajstić information content (AvgIpc) is 3.24. The van der Waals surface area contributed by atoms with E-state index >= 15 is 0 Å². The van der Waals surface area contributed by atoms with Gasteiger partial charge in [-0.15, -0.1) is 0 Å². The molecule has 1 aliphatic carbocycles. The highest BCUT2D eigenvalue weighted by Crippen LogP contribution is 2.33. The number of nitrogens with zero attached hydrogens (tertiary/aromatic N) is 1. The van der Waals surface area contributed by atoms with Crippen molar-refractivity contribution in [3.05, 3.63) is 63.7 Å². The maximum atomic E-state index is 12.7. The second kappa shape index (κ2) is 9.92. The van der Waals surface area contributed by atoms with Gasteiger partial charge in [-0.3, -0.25) is 4.79 Å². The SMILES string of the molecule is Cc1cc(Cl)cc2c1OCC(C(=O)Nc1ccc(C[N+](C)(C)C3CCCC3)cc1)=C2.[I-]. The highest BCUT2D eigenvalue weighted by molar-refractivity contribution is 6.31. The third kappa shape index (κ3) is 5.62. The zero-order chi connectivity index (χ0) is 21.3. The Kier molecular flexibility index (Phi) is 7.71. The van der Waals surface area contributed by atoms with Crippen LogP contribution in [0, 0.1) is 6.92 Å². The van der Waals surface area contributed by atoms with Crippen molar-refractivity contribution < 1.29 is 38.0 Å². The molecule has 1 amide bonds. The average molecular weight is 553 g/mol. The van der Waals surface area contributed by atoms with Gasteiger partial charge in [-0.05, 0) is 68.5 Å². The molecule has 0 aromatic heterocycles. The van der Waals surface area contributed by atoms with Crippen LogP contribution in [0.5, 0.6) is 5.75 Å². The van der Waals surface area contributed by atoms with Crippen LogP contribution >= 0.6 is 11.6 Å². The van der Waals surface area contributed by atoms with Crippen LogP contribution in [0.4, 0.5) is 5.69 Å². The molecule has 0 atom stereocenters. The number of aryl methyl sites for hydroxylation is 1. The molecule has 1 N–H and O–H groups in total. The predicted octanol–water partition coefficient (Wildman–Crippen LogP) is 2.59. The highest BCUT2D eigenvalue weighted by Gasteiger charge is 2.31. The molecule has 166 valence electrons. The molecular weight excluding hydrogens is 523 g/mol. The Morgan fingerprint density at radius 3 is 2.52 bits per heavy atom. The van der Waals surface area contributed by atoms with Gasteiger partial charge in [0.1, 0.15) is 18.9 Å². The number of anilines is 1. The molecule has 1 fully saturated rings.